The number of hydrogen-bond acceptors (Lipinski definition) is 16. The molecule has 22 heteroatoms. The highest BCUT2D eigenvalue weighted by Crippen LogP contribution is 2.39. The lowest BCUT2D eigenvalue weighted by molar-refractivity contribution is 0.284. The number of rotatable bonds is 12. The Bertz CT molecular complexity index is 2410. The lowest BCUT2D eigenvalue weighted by atomic mass is 10.1. The van der Waals surface area contributed by atoms with Gasteiger partial charge in [-0.05, 0) is 66.7 Å². The molecular weight excluding hydrogens is 712 g/mol. The van der Waals surface area contributed by atoms with Crippen LogP contribution in [0.3, 0.4) is 0 Å². The molecule has 0 aliphatic heterocycles. The molecule has 0 fully saturated rings. The van der Waals surface area contributed by atoms with E-state index in [0.717, 1.165) is 12.1 Å². The highest BCUT2D eigenvalue weighted by atomic mass is 32.3. The fraction of sp³-hybridized carbons (Fsp3) is 0.0741. The molecule has 7 N–H and O–H groups in total. The molecule has 4 aromatic carbocycles. The number of phenols is 1. The van der Waals surface area contributed by atoms with Crippen LogP contribution in [0.4, 0.5) is 44.7 Å². The molecule has 0 bridgehead atoms. The molecule has 1 heterocycles. The smallest absolute Gasteiger partial charge is 0.397 e. The van der Waals surface area contributed by atoms with Gasteiger partial charge in [-0.3, -0.25) is 9.11 Å². The summed E-state index contributed by atoms with van der Waals surface area (Å²) < 4.78 is 106. The summed E-state index contributed by atoms with van der Waals surface area (Å²) in [5.74, 6) is -1.56. The van der Waals surface area contributed by atoms with E-state index < -0.39 is 59.4 Å². The molecule has 0 aliphatic rings. The minimum Gasteiger partial charge on any atom is -0.507 e. The van der Waals surface area contributed by atoms with Crippen molar-refractivity contribution >= 4 is 81.5 Å². The number of phenolic OH excluding ortho intramolecular Hbond substituents is 1. The van der Waals surface area contributed by atoms with Gasteiger partial charge in [-0.1, -0.05) is 0 Å². The summed E-state index contributed by atoms with van der Waals surface area (Å²) in [6.45, 7) is -0.789. The van der Waals surface area contributed by atoms with Crippen LogP contribution in [0.2, 0.25) is 0 Å². The summed E-state index contributed by atoms with van der Waals surface area (Å²) in [5, 5.41) is 24.4. The molecule has 5 aromatic rings. The average Bonchev–Trinajstić information content (AvgIpc) is 3.00. The highest BCUT2D eigenvalue weighted by molar-refractivity contribution is 7.91. The van der Waals surface area contributed by atoms with Crippen molar-refractivity contribution in [2.45, 2.75) is 9.79 Å². The Hall–Kier alpha value is -5.39. The van der Waals surface area contributed by atoms with Crippen LogP contribution in [0.1, 0.15) is 0 Å². The molecule has 0 unspecified atom stereocenters. The van der Waals surface area contributed by atoms with Gasteiger partial charge in [0.2, 0.25) is 11.9 Å². The van der Waals surface area contributed by atoms with Gasteiger partial charge in [0.05, 0.1) is 33.5 Å². The molecule has 0 spiro atoms. The maximum Gasteiger partial charge on any atom is 0.397 e. The van der Waals surface area contributed by atoms with Crippen molar-refractivity contribution in [1.82, 2.24) is 15.0 Å². The number of nitrogens with zero attached hydrogens (tertiary/aromatic N) is 5. The van der Waals surface area contributed by atoms with E-state index in [9.17, 15) is 39.3 Å². The van der Waals surface area contributed by atoms with E-state index in [1.807, 2.05) is 0 Å². The monoisotopic (exact) mass is 734 g/mol. The number of azo groups is 1. The van der Waals surface area contributed by atoms with Crippen molar-refractivity contribution in [1.29, 1.82) is 0 Å². The van der Waals surface area contributed by atoms with Crippen molar-refractivity contribution in [3.8, 4) is 5.75 Å². The summed E-state index contributed by atoms with van der Waals surface area (Å²) in [5.41, 5.74) is 7.18. The minimum absolute atomic E-state index is 0.0442. The highest BCUT2D eigenvalue weighted by Gasteiger charge is 2.18. The summed E-state index contributed by atoms with van der Waals surface area (Å²) in [4.78, 5) is 10.5. The molecule has 49 heavy (non-hydrogen) atoms. The second-order valence-electron chi connectivity index (χ2n) is 9.86. The van der Waals surface area contributed by atoms with Crippen LogP contribution in [0.15, 0.2) is 92.8 Å². The van der Waals surface area contributed by atoms with Crippen LogP contribution in [-0.4, -0.2) is 66.8 Å². The van der Waals surface area contributed by atoms with Crippen LogP contribution in [0.25, 0.3) is 10.8 Å². The summed E-state index contributed by atoms with van der Waals surface area (Å²) in [6.07, 6.45) is -1.14. The van der Waals surface area contributed by atoms with Crippen LogP contribution < -0.4 is 16.4 Å². The molecule has 0 radical (unpaired) electrons. The van der Waals surface area contributed by atoms with Gasteiger partial charge < -0.3 is 21.5 Å². The van der Waals surface area contributed by atoms with Gasteiger partial charge in [-0.15, -0.1) is 5.11 Å². The van der Waals surface area contributed by atoms with Crippen molar-refractivity contribution < 1.29 is 48.0 Å². The SMILES string of the molecule is Nc1ccc2c(O)cc(S(=O)(=O)O)cc2c1N=Nc1ccc(Nc2nc(F)nc(Nc3ccc(S(=O)(=O)CCOS(=O)(=O)O)cc3)n2)cc1. The van der Waals surface area contributed by atoms with Crippen LogP contribution >= 0.6 is 0 Å². The summed E-state index contributed by atoms with van der Waals surface area (Å²) in [7, 11) is -13.4. The molecule has 0 amide bonds. The molecule has 5 rings (SSSR count). The Morgan fingerprint density at radius 3 is 1.92 bits per heavy atom. The number of nitrogens with one attached hydrogen (secondary N) is 2. The lowest BCUT2D eigenvalue weighted by Crippen LogP contribution is -2.15. The predicted octanol–water partition coefficient (Wildman–Crippen LogP) is 4.19. The van der Waals surface area contributed by atoms with Crippen LogP contribution in [0, 0.1) is 6.08 Å². The van der Waals surface area contributed by atoms with E-state index in [0.29, 0.717) is 11.4 Å². The summed E-state index contributed by atoms with van der Waals surface area (Å²) >= 11 is 0. The number of benzene rings is 4. The Balaban J connectivity index is 1.28. The van der Waals surface area contributed by atoms with Gasteiger partial charge in [0.25, 0.3) is 10.1 Å². The number of hydrogen-bond donors (Lipinski definition) is 6. The van der Waals surface area contributed by atoms with Crippen molar-refractivity contribution in [2.24, 2.45) is 10.2 Å². The number of sulfone groups is 1. The molecule has 0 atom stereocenters. The first kappa shape index (κ1) is 34.9. The summed E-state index contributed by atoms with van der Waals surface area (Å²) in [6, 6.07) is 16.1. The molecule has 256 valence electrons. The maximum atomic E-state index is 14.2. The zero-order valence-corrected chi connectivity index (χ0v) is 26.9. The Kier molecular flexibility index (Phi) is 9.71. The first-order chi connectivity index (χ1) is 23.0. The number of aromatic hydroxyl groups is 1. The zero-order valence-electron chi connectivity index (χ0n) is 24.5. The van der Waals surface area contributed by atoms with Gasteiger partial charge in [0.15, 0.2) is 9.84 Å². The first-order valence-corrected chi connectivity index (χ1v) is 17.9. The molecule has 0 saturated heterocycles. The van der Waals surface area contributed by atoms with Crippen molar-refractivity contribution in [3.05, 3.63) is 78.9 Å². The van der Waals surface area contributed by atoms with Gasteiger partial charge in [0, 0.05) is 28.2 Å². The standard InChI is InChI=1S/C27H23FN8O10S3/c28-25-32-26(34-27(33-25)31-16-5-7-18(8-6-16)47(38,39)12-11-46-49(43,44)45)30-15-1-3-17(4-2-15)35-36-24-21-13-19(48(40,41)42)14-23(37)20(21)9-10-22(24)29/h1-10,13-14,37H,11-12,29H2,(H,40,41,42)(H,43,44,45)(H2,30,31,32,33,34). The van der Waals surface area contributed by atoms with Gasteiger partial charge in [0.1, 0.15) is 11.4 Å². The largest absolute Gasteiger partial charge is 0.507 e. The normalized spacial score (nSPS) is 12.4. The second kappa shape index (κ2) is 13.6. The van der Waals surface area contributed by atoms with E-state index in [1.165, 1.54) is 60.7 Å². The molecule has 18 nitrogen and oxygen atoms in total. The number of anilines is 5. The van der Waals surface area contributed by atoms with Crippen molar-refractivity contribution in [2.75, 3.05) is 28.7 Å². The van der Waals surface area contributed by atoms with Gasteiger partial charge in [-0.25, -0.2) is 12.6 Å². The Labute approximate surface area is 277 Å². The van der Waals surface area contributed by atoms with Gasteiger partial charge in [-0.2, -0.15) is 41.3 Å². The average molecular weight is 735 g/mol. The van der Waals surface area contributed by atoms with Crippen LogP contribution in [-0.2, 0) is 34.5 Å². The zero-order chi connectivity index (χ0) is 35.6. The Morgan fingerprint density at radius 2 is 1.35 bits per heavy atom. The fourth-order valence-electron chi connectivity index (χ4n) is 4.20. The van der Waals surface area contributed by atoms with E-state index in [2.05, 4.69) is 40.0 Å². The number of nitrogens with two attached hydrogens (primary N) is 1. The third-order valence-electron chi connectivity index (χ3n) is 6.44. The number of halogens is 1. The Morgan fingerprint density at radius 1 is 0.755 bits per heavy atom. The minimum atomic E-state index is -4.79. The van der Waals surface area contributed by atoms with E-state index in [4.69, 9.17) is 10.3 Å². The van der Waals surface area contributed by atoms with Crippen LogP contribution in [0.5, 0.6) is 5.75 Å². The third kappa shape index (κ3) is 8.95. The topological polar surface area (TPSA) is 286 Å². The lowest BCUT2D eigenvalue weighted by Gasteiger charge is -2.09. The molecule has 1 aromatic heterocycles. The van der Waals surface area contributed by atoms with Gasteiger partial charge >= 0.3 is 16.5 Å². The molecule has 0 aliphatic carbocycles. The second-order valence-corrected chi connectivity index (χ2v) is 14.5. The number of aromatic nitrogens is 3. The first-order valence-electron chi connectivity index (χ1n) is 13.4. The van der Waals surface area contributed by atoms with E-state index >= 15 is 0 Å². The van der Waals surface area contributed by atoms with E-state index in [1.54, 1.807) is 0 Å². The quantitative estimate of drug-likeness (QED) is 0.0595. The predicted molar refractivity (Wildman–Crippen MR) is 173 cm³/mol. The molecular formula is C27H23FN8O10S3. The number of fused-ring (bicyclic) bond motifs is 1. The third-order valence-corrected chi connectivity index (χ3v) is 9.43. The van der Waals surface area contributed by atoms with Crippen molar-refractivity contribution in [3.63, 3.8) is 0 Å². The maximum absolute atomic E-state index is 14.2. The van der Waals surface area contributed by atoms with E-state index in [-0.39, 0.29) is 44.6 Å². The number of nitrogen functional groups attached to an aromatic ring is 1. The fourth-order valence-corrected chi connectivity index (χ4v) is 6.22. The molecule has 0 saturated carbocycles.